The average molecular weight is 313 g/mol. The first-order valence-corrected chi connectivity index (χ1v) is 7.29. The summed E-state index contributed by atoms with van der Waals surface area (Å²) in [7, 11) is 1.31. The van der Waals surface area contributed by atoms with Crippen LogP contribution in [0.5, 0.6) is 0 Å². The van der Waals surface area contributed by atoms with Crippen LogP contribution in [-0.2, 0) is 4.74 Å². The summed E-state index contributed by atoms with van der Waals surface area (Å²) in [5, 5.41) is 5.99. The third kappa shape index (κ3) is 5.14. The molecule has 1 aliphatic heterocycles. The van der Waals surface area contributed by atoms with Crippen LogP contribution in [0.15, 0.2) is 24.3 Å². The van der Waals surface area contributed by atoms with Crippen molar-refractivity contribution in [3.63, 3.8) is 0 Å². The van der Waals surface area contributed by atoms with Crippen LogP contribution >= 0.6 is 0 Å². The molecule has 1 heterocycles. The van der Waals surface area contributed by atoms with Gasteiger partial charge in [-0.1, -0.05) is 6.07 Å². The van der Waals surface area contributed by atoms with E-state index in [2.05, 4.69) is 15.4 Å². The van der Waals surface area contributed by atoms with Gasteiger partial charge in [0.15, 0.2) is 0 Å². The van der Waals surface area contributed by atoms with Crippen LogP contribution in [0.2, 0.25) is 0 Å². The zero-order valence-corrected chi connectivity index (χ0v) is 12.5. The predicted octanol–water partition coefficient (Wildman–Crippen LogP) is 3.01. The summed E-state index contributed by atoms with van der Waals surface area (Å²) in [4.78, 5) is 13.0. The minimum absolute atomic E-state index is 0.148. The Labute approximate surface area is 128 Å². The average Bonchev–Trinajstić information content (AvgIpc) is 2.49. The predicted molar refractivity (Wildman–Crippen MR) is 81.6 cm³/mol. The van der Waals surface area contributed by atoms with Crippen molar-refractivity contribution in [2.24, 2.45) is 0 Å². The van der Waals surface area contributed by atoms with E-state index in [1.165, 1.54) is 7.11 Å². The molecule has 0 aromatic heterocycles. The first-order valence-electron chi connectivity index (χ1n) is 7.29. The number of alkyl halides is 2. The second kappa shape index (κ2) is 7.93. The molecule has 1 aliphatic rings. The molecule has 5 nitrogen and oxygen atoms in total. The van der Waals surface area contributed by atoms with Gasteiger partial charge in [0.05, 0.1) is 13.7 Å². The number of amides is 1. The summed E-state index contributed by atoms with van der Waals surface area (Å²) in [5.41, 5.74) is 1.54. The third-order valence-electron chi connectivity index (χ3n) is 3.65. The van der Waals surface area contributed by atoms with Crippen LogP contribution in [0.3, 0.4) is 0 Å². The second-order valence-electron chi connectivity index (χ2n) is 5.31. The fourth-order valence-corrected chi connectivity index (χ4v) is 2.55. The molecule has 0 spiro atoms. The van der Waals surface area contributed by atoms with Crippen molar-refractivity contribution < 1.29 is 18.3 Å². The molecular weight excluding hydrogens is 292 g/mol. The molecule has 1 amide bonds. The highest BCUT2D eigenvalue weighted by Crippen LogP contribution is 2.20. The molecule has 0 atom stereocenters. The van der Waals surface area contributed by atoms with Crippen molar-refractivity contribution in [2.45, 2.75) is 25.3 Å². The van der Waals surface area contributed by atoms with E-state index in [0.717, 1.165) is 18.5 Å². The maximum absolute atomic E-state index is 12.3. The molecule has 0 aliphatic carbocycles. The van der Waals surface area contributed by atoms with Gasteiger partial charge in [0, 0.05) is 30.5 Å². The molecule has 0 saturated carbocycles. The molecule has 0 unspecified atom stereocenters. The standard InChI is InChI=1S/C15H21F2N3O2/c1-22-15(21)19-13-4-2-3-12(9-13)18-11-5-7-20(8-6-11)10-14(16)17/h2-4,9,11,14,18H,5-8,10H2,1H3,(H,19,21). The number of carbonyl (C=O) groups is 1. The highest BCUT2D eigenvalue weighted by Gasteiger charge is 2.21. The summed E-state index contributed by atoms with van der Waals surface area (Å²) < 4.78 is 29.2. The number of anilines is 2. The number of nitrogens with zero attached hydrogens (tertiary/aromatic N) is 1. The fourth-order valence-electron chi connectivity index (χ4n) is 2.55. The molecule has 0 bridgehead atoms. The lowest BCUT2D eigenvalue weighted by Crippen LogP contribution is -2.41. The minimum atomic E-state index is -2.27. The van der Waals surface area contributed by atoms with Gasteiger partial charge >= 0.3 is 6.09 Å². The number of likely N-dealkylation sites (tertiary alicyclic amines) is 1. The van der Waals surface area contributed by atoms with Crippen molar-refractivity contribution >= 4 is 17.5 Å². The Kier molecular flexibility index (Phi) is 5.94. The van der Waals surface area contributed by atoms with Crippen molar-refractivity contribution in [3.8, 4) is 0 Å². The van der Waals surface area contributed by atoms with Gasteiger partial charge in [-0.15, -0.1) is 0 Å². The lowest BCUT2D eigenvalue weighted by atomic mass is 10.0. The van der Waals surface area contributed by atoms with Gasteiger partial charge < -0.3 is 10.1 Å². The number of rotatable bonds is 5. The van der Waals surface area contributed by atoms with Crippen LogP contribution in [0.1, 0.15) is 12.8 Å². The van der Waals surface area contributed by atoms with E-state index in [0.29, 0.717) is 18.8 Å². The van der Waals surface area contributed by atoms with Gasteiger partial charge in [-0.25, -0.2) is 13.6 Å². The Bertz CT molecular complexity index is 491. The van der Waals surface area contributed by atoms with Gasteiger partial charge in [0.25, 0.3) is 6.43 Å². The third-order valence-corrected chi connectivity index (χ3v) is 3.65. The summed E-state index contributed by atoms with van der Waals surface area (Å²) in [6.07, 6.45) is -1.15. The monoisotopic (exact) mass is 313 g/mol. The first-order chi connectivity index (χ1) is 10.6. The van der Waals surface area contributed by atoms with Gasteiger partial charge in [0.1, 0.15) is 0 Å². The highest BCUT2D eigenvalue weighted by atomic mass is 19.3. The maximum atomic E-state index is 12.3. The second-order valence-corrected chi connectivity index (χ2v) is 5.31. The lowest BCUT2D eigenvalue weighted by Gasteiger charge is -2.32. The van der Waals surface area contributed by atoms with Crippen LogP contribution in [0.25, 0.3) is 0 Å². The largest absolute Gasteiger partial charge is 0.453 e. The lowest BCUT2D eigenvalue weighted by molar-refractivity contribution is 0.0769. The molecule has 22 heavy (non-hydrogen) atoms. The Morgan fingerprint density at radius 1 is 1.36 bits per heavy atom. The van der Waals surface area contributed by atoms with E-state index in [-0.39, 0.29) is 12.6 Å². The van der Waals surface area contributed by atoms with Gasteiger partial charge in [-0.2, -0.15) is 0 Å². The Balaban J connectivity index is 1.84. The zero-order chi connectivity index (χ0) is 15.9. The first kappa shape index (κ1) is 16.5. The van der Waals surface area contributed by atoms with Crippen LogP contribution in [-0.4, -0.2) is 50.2 Å². The molecule has 2 N–H and O–H groups in total. The molecule has 2 rings (SSSR count). The van der Waals surface area contributed by atoms with Crippen LogP contribution in [0.4, 0.5) is 25.0 Å². The highest BCUT2D eigenvalue weighted by molar-refractivity contribution is 5.85. The number of halogens is 2. The number of hydrogen-bond donors (Lipinski definition) is 2. The van der Waals surface area contributed by atoms with E-state index in [9.17, 15) is 13.6 Å². The maximum Gasteiger partial charge on any atom is 0.411 e. The number of ether oxygens (including phenoxy) is 1. The molecule has 1 aromatic carbocycles. The smallest absolute Gasteiger partial charge is 0.411 e. The van der Waals surface area contributed by atoms with Gasteiger partial charge in [0.2, 0.25) is 0 Å². The molecule has 122 valence electrons. The number of hydrogen-bond acceptors (Lipinski definition) is 4. The number of piperidine rings is 1. The number of methoxy groups -OCH3 is 1. The zero-order valence-electron chi connectivity index (χ0n) is 12.5. The Morgan fingerprint density at radius 2 is 2.05 bits per heavy atom. The van der Waals surface area contributed by atoms with Gasteiger partial charge in [-0.05, 0) is 31.0 Å². The molecular formula is C15H21F2N3O2. The molecule has 1 saturated heterocycles. The molecule has 0 radical (unpaired) electrons. The van der Waals surface area contributed by atoms with Crippen LogP contribution < -0.4 is 10.6 Å². The quantitative estimate of drug-likeness (QED) is 0.877. The van der Waals surface area contributed by atoms with E-state index in [1.54, 1.807) is 11.0 Å². The van der Waals surface area contributed by atoms with Crippen molar-refractivity contribution in [1.29, 1.82) is 0 Å². The summed E-state index contributed by atoms with van der Waals surface area (Å²) in [6.45, 7) is 1.19. The number of carbonyl (C=O) groups excluding carboxylic acids is 1. The van der Waals surface area contributed by atoms with Crippen LogP contribution in [0, 0.1) is 0 Å². The molecule has 7 heteroatoms. The minimum Gasteiger partial charge on any atom is -0.453 e. The molecule has 1 aromatic rings. The number of benzene rings is 1. The summed E-state index contributed by atoms with van der Waals surface area (Å²) in [6, 6.07) is 7.59. The Hall–Kier alpha value is -1.89. The van der Waals surface area contributed by atoms with Crippen molar-refractivity contribution in [3.05, 3.63) is 24.3 Å². The van der Waals surface area contributed by atoms with Crippen molar-refractivity contribution in [1.82, 2.24) is 4.90 Å². The van der Waals surface area contributed by atoms with E-state index in [1.807, 2.05) is 18.2 Å². The normalized spacial score (nSPS) is 16.5. The van der Waals surface area contributed by atoms with E-state index in [4.69, 9.17) is 0 Å². The summed E-state index contributed by atoms with van der Waals surface area (Å²) in [5.74, 6) is 0. The fraction of sp³-hybridized carbons (Fsp3) is 0.533. The SMILES string of the molecule is COC(=O)Nc1cccc(NC2CCN(CC(F)F)CC2)c1. The summed E-state index contributed by atoms with van der Waals surface area (Å²) >= 11 is 0. The topological polar surface area (TPSA) is 53.6 Å². The Morgan fingerprint density at radius 3 is 2.68 bits per heavy atom. The van der Waals surface area contributed by atoms with Gasteiger partial charge in [-0.3, -0.25) is 10.2 Å². The van der Waals surface area contributed by atoms with E-state index < -0.39 is 12.5 Å². The van der Waals surface area contributed by atoms with E-state index >= 15 is 0 Å². The number of nitrogens with one attached hydrogen (secondary N) is 2. The van der Waals surface area contributed by atoms with Crippen molar-refractivity contribution in [2.75, 3.05) is 37.4 Å². The molecule has 1 fully saturated rings.